The monoisotopic (exact) mass is 253 g/mol. The molecule has 0 aromatic carbocycles. The first-order valence-corrected chi connectivity index (χ1v) is 6.33. The van der Waals surface area contributed by atoms with E-state index in [1.807, 2.05) is 17.8 Å². The van der Waals surface area contributed by atoms with Gasteiger partial charge in [0, 0.05) is 38.1 Å². The van der Waals surface area contributed by atoms with E-state index in [-0.39, 0.29) is 11.6 Å². The Hall–Kier alpha value is -0.950. The Labute approximate surface area is 108 Å². The third kappa shape index (κ3) is 2.42. The summed E-state index contributed by atoms with van der Waals surface area (Å²) in [6.07, 6.45) is 3.74. The van der Waals surface area contributed by atoms with E-state index in [9.17, 15) is 0 Å². The summed E-state index contributed by atoms with van der Waals surface area (Å²) in [7, 11) is 1.99. The summed E-state index contributed by atoms with van der Waals surface area (Å²) in [4.78, 5) is 6.81. The molecule has 0 radical (unpaired) electrons. The molecule has 18 heavy (non-hydrogen) atoms. The lowest BCUT2D eigenvalue weighted by molar-refractivity contribution is -0.0252. The second-order valence-electron chi connectivity index (χ2n) is 5.25. The van der Waals surface area contributed by atoms with Crippen molar-refractivity contribution in [1.29, 1.82) is 0 Å². The van der Waals surface area contributed by atoms with Crippen molar-refractivity contribution in [2.75, 3.05) is 26.3 Å². The molecular formula is C12H23N5O. The Kier molecular flexibility index (Phi) is 4.01. The average molecular weight is 253 g/mol. The standard InChI is InChI=1S/C12H23N5O/c1-12(2,17-6-8-18-9-7-17)10(15-13)11-14-4-5-16(11)3/h4-5,10,15H,6-9,13H2,1-3H3. The first-order valence-electron chi connectivity index (χ1n) is 6.33. The molecule has 0 spiro atoms. The first-order chi connectivity index (χ1) is 8.57. The molecule has 1 aromatic heterocycles. The molecule has 2 rings (SSSR count). The molecular weight excluding hydrogens is 230 g/mol. The highest BCUT2D eigenvalue weighted by Gasteiger charge is 2.38. The molecule has 102 valence electrons. The van der Waals surface area contributed by atoms with Crippen LogP contribution in [0, 0.1) is 0 Å². The SMILES string of the molecule is Cn1ccnc1C(NN)C(C)(C)N1CCOCC1. The second kappa shape index (κ2) is 5.36. The van der Waals surface area contributed by atoms with Gasteiger partial charge >= 0.3 is 0 Å². The van der Waals surface area contributed by atoms with Crippen molar-refractivity contribution in [3.8, 4) is 0 Å². The van der Waals surface area contributed by atoms with Gasteiger partial charge in [-0.25, -0.2) is 10.4 Å². The molecule has 0 amide bonds. The van der Waals surface area contributed by atoms with Crippen molar-refractivity contribution < 1.29 is 4.74 Å². The fourth-order valence-electron chi connectivity index (χ4n) is 2.57. The number of morpholine rings is 1. The molecule has 0 aliphatic carbocycles. The molecule has 1 fully saturated rings. The van der Waals surface area contributed by atoms with Gasteiger partial charge in [-0.3, -0.25) is 10.7 Å². The van der Waals surface area contributed by atoms with Crippen LogP contribution in [0.2, 0.25) is 0 Å². The minimum Gasteiger partial charge on any atom is -0.379 e. The zero-order valence-electron chi connectivity index (χ0n) is 11.4. The Morgan fingerprint density at radius 2 is 2.11 bits per heavy atom. The summed E-state index contributed by atoms with van der Waals surface area (Å²) in [5.41, 5.74) is 2.80. The van der Waals surface area contributed by atoms with E-state index >= 15 is 0 Å². The summed E-state index contributed by atoms with van der Waals surface area (Å²) in [5, 5.41) is 0. The highest BCUT2D eigenvalue weighted by molar-refractivity contribution is 5.07. The van der Waals surface area contributed by atoms with Crippen LogP contribution >= 0.6 is 0 Å². The minimum atomic E-state index is -0.113. The van der Waals surface area contributed by atoms with Gasteiger partial charge in [-0.2, -0.15) is 0 Å². The molecule has 0 bridgehead atoms. The Bertz CT molecular complexity index is 384. The van der Waals surface area contributed by atoms with Crippen LogP contribution in [0.3, 0.4) is 0 Å². The summed E-state index contributed by atoms with van der Waals surface area (Å²) in [6, 6.07) is -0.0180. The van der Waals surface area contributed by atoms with Gasteiger partial charge in [-0.15, -0.1) is 0 Å². The van der Waals surface area contributed by atoms with Crippen LogP contribution in [0.15, 0.2) is 12.4 Å². The summed E-state index contributed by atoms with van der Waals surface area (Å²) >= 11 is 0. The molecule has 2 heterocycles. The van der Waals surface area contributed by atoms with E-state index in [1.165, 1.54) is 0 Å². The molecule has 6 nitrogen and oxygen atoms in total. The first kappa shape index (κ1) is 13.5. The maximum absolute atomic E-state index is 5.76. The van der Waals surface area contributed by atoms with Crippen molar-refractivity contribution in [3.63, 3.8) is 0 Å². The van der Waals surface area contributed by atoms with Gasteiger partial charge in [0.1, 0.15) is 5.82 Å². The zero-order valence-corrected chi connectivity index (χ0v) is 11.4. The van der Waals surface area contributed by atoms with Gasteiger partial charge in [0.05, 0.1) is 19.3 Å². The van der Waals surface area contributed by atoms with E-state index in [0.717, 1.165) is 32.1 Å². The number of hydrazine groups is 1. The molecule has 6 heteroatoms. The van der Waals surface area contributed by atoms with Crippen LogP contribution in [-0.4, -0.2) is 46.3 Å². The topological polar surface area (TPSA) is 68.3 Å². The van der Waals surface area contributed by atoms with E-state index in [4.69, 9.17) is 10.6 Å². The highest BCUT2D eigenvalue weighted by Crippen LogP contribution is 2.30. The number of hydrogen-bond acceptors (Lipinski definition) is 5. The van der Waals surface area contributed by atoms with Gasteiger partial charge in [-0.05, 0) is 13.8 Å². The predicted molar refractivity (Wildman–Crippen MR) is 69.7 cm³/mol. The Balaban J connectivity index is 2.22. The van der Waals surface area contributed by atoms with E-state index in [0.29, 0.717) is 0 Å². The molecule has 1 aliphatic rings. The van der Waals surface area contributed by atoms with Crippen LogP contribution in [-0.2, 0) is 11.8 Å². The third-order valence-electron chi connectivity index (χ3n) is 3.82. The van der Waals surface area contributed by atoms with E-state index < -0.39 is 0 Å². The van der Waals surface area contributed by atoms with Crippen molar-refractivity contribution in [1.82, 2.24) is 19.9 Å². The highest BCUT2D eigenvalue weighted by atomic mass is 16.5. The van der Waals surface area contributed by atoms with E-state index in [1.54, 1.807) is 6.20 Å². The largest absolute Gasteiger partial charge is 0.379 e. The van der Waals surface area contributed by atoms with Crippen LogP contribution in [0.5, 0.6) is 0 Å². The normalized spacial score (nSPS) is 20.0. The second-order valence-corrected chi connectivity index (χ2v) is 5.25. The number of nitrogens with two attached hydrogens (primary N) is 1. The summed E-state index contributed by atoms with van der Waals surface area (Å²) in [6.45, 7) is 7.79. The number of ether oxygens (including phenoxy) is 1. The van der Waals surface area contributed by atoms with Crippen LogP contribution in [0.1, 0.15) is 25.7 Å². The summed E-state index contributed by atoms with van der Waals surface area (Å²) in [5.74, 6) is 6.72. The lowest BCUT2D eigenvalue weighted by Gasteiger charge is -2.45. The number of aryl methyl sites for hydroxylation is 1. The number of nitrogens with zero attached hydrogens (tertiary/aromatic N) is 3. The lowest BCUT2D eigenvalue weighted by atomic mass is 9.91. The Morgan fingerprint density at radius 1 is 1.44 bits per heavy atom. The lowest BCUT2D eigenvalue weighted by Crippen LogP contribution is -2.57. The van der Waals surface area contributed by atoms with Crippen LogP contribution < -0.4 is 11.3 Å². The molecule has 1 saturated heterocycles. The fraction of sp³-hybridized carbons (Fsp3) is 0.750. The van der Waals surface area contributed by atoms with Crippen molar-refractivity contribution in [3.05, 3.63) is 18.2 Å². The maximum atomic E-state index is 5.76. The number of rotatable bonds is 4. The van der Waals surface area contributed by atoms with Crippen LogP contribution in [0.4, 0.5) is 0 Å². The number of nitrogens with one attached hydrogen (secondary N) is 1. The van der Waals surface area contributed by atoms with Gasteiger partial charge in [-0.1, -0.05) is 0 Å². The predicted octanol–water partition coefficient (Wildman–Crippen LogP) is 0.0353. The average Bonchev–Trinajstić information content (AvgIpc) is 2.78. The number of imidazole rings is 1. The smallest absolute Gasteiger partial charge is 0.128 e. The van der Waals surface area contributed by atoms with Gasteiger partial charge in [0.2, 0.25) is 0 Å². The van der Waals surface area contributed by atoms with Crippen molar-refractivity contribution in [2.24, 2.45) is 12.9 Å². The van der Waals surface area contributed by atoms with Crippen LogP contribution in [0.25, 0.3) is 0 Å². The molecule has 0 saturated carbocycles. The molecule has 1 atom stereocenters. The van der Waals surface area contributed by atoms with Crippen molar-refractivity contribution >= 4 is 0 Å². The van der Waals surface area contributed by atoms with Gasteiger partial charge in [0.15, 0.2) is 0 Å². The number of aromatic nitrogens is 2. The molecule has 1 aromatic rings. The molecule has 1 aliphatic heterocycles. The van der Waals surface area contributed by atoms with E-state index in [2.05, 4.69) is 29.2 Å². The minimum absolute atomic E-state index is 0.0180. The Morgan fingerprint density at radius 3 is 2.61 bits per heavy atom. The summed E-state index contributed by atoms with van der Waals surface area (Å²) < 4.78 is 7.42. The van der Waals surface area contributed by atoms with Gasteiger partial charge < -0.3 is 9.30 Å². The van der Waals surface area contributed by atoms with Crippen molar-refractivity contribution in [2.45, 2.75) is 25.4 Å². The molecule has 1 unspecified atom stereocenters. The van der Waals surface area contributed by atoms with Gasteiger partial charge in [0.25, 0.3) is 0 Å². The number of hydrogen-bond donors (Lipinski definition) is 2. The maximum Gasteiger partial charge on any atom is 0.128 e. The third-order valence-corrected chi connectivity index (χ3v) is 3.82. The zero-order chi connectivity index (χ0) is 13.2. The molecule has 3 N–H and O–H groups in total. The fourth-order valence-corrected chi connectivity index (χ4v) is 2.57. The quantitative estimate of drug-likeness (QED) is 0.585.